The number of ether oxygens (including phenoxy) is 2. The van der Waals surface area contributed by atoms with Gasteiger partial charge >= 0.3 is 12.3 Å². The van der Waals surface area contributed by atoms with Crippen LogP contribution in [0.2, 0.25) is 5.02 Å². The smallest absolute Gasteiger partial charge is 0.427 e. The van der Waals surface area contributed by atoms with E-state index in [0.717, 1.165) is 0 Å². The number of alkyl halides is 3. The molecule has 7 nitrogen and oxygen atoms in total. The SMILES string of the molecule is O=C(O[C@H](CO)C(F)(F)F)N1CCC2(CC1)CC(n1cc(Cl)cn1)CO2. The van der Waals surface area contributed by atoms with Gasteiger partial charge in [-0.25, -0.2) is 4.79 Å². The maximum Gasteiger partial charge on any atom is 0.427 e. The van der Waals surface area contributed by atoms with E-state index < -0.39 is 30.6 Å². The Hall–Kier alpha value is -1.52. The quantitative estimate of drug-likeness (QED) is 0.847. The van der Waals surface area contributed by atoms with Crippen molar-refractivity contribution in [3.05, 3.63) is 17.4 Å². The summed E-state index contributed by atoms with van der Waals surface area (Å²) in [4.78, 5) is 13.1. The molecule has 1 aromatic heterocycles. The summed E-state index contributed by atoms with van der Waals surface area (Å²) >= 11 is 5.88. The highest BCUT2D eigenvalue weighted by molar-refractivity contribution is 6.30. The van der Waals surface area contributed by atoms with Crippen molar-refractivity contribution in [1.29, 1.82) is 0 Å². The lowest BCUT2D eigenvalue weighted by atomic mass is 9.87. The summed E-state index contributed by atoms with van der Waals surface area (Å²) in [5.74, 6) is 0. The predicted octanol–water partition coefficient (Wildman–Crippen LogP) is 2.39. The molecule has 2 aliphatic rings. The molecule has 1 aromatic rings. The van der Waals surface area contributed by atoms with Crippen molar-refractivity contribution in [2.24, 2.45) is 0 Å². The van der Waals surface area contributed by atoms with Gasteiger partial charge in [-0.2, -0.15) is 18.3 Å². The largest absolute Gasteiger partial charge is 0.434 e. The Morgan fingerprint density at radius 1 is 1.50 bits per heavy atom. The van der Waals surface area contributed by atoms with Crippen molar-refractivity contribution in [2.45, 2.75) is 43.2 Å². The minimum atomic E-state index is -4.80. The van der Waals surface area contributed by atoms with Gasteiger partial charge < -0.3 is 19.5 Å². The van der Waals surface area contributed by atoms with Gasteiger partial charge in [-0.05, 0) is 12.8 Å². The molecule has 11 heteroatoms. The maximum absolute atomic E-state index is 12.6. The second-order valence-corrected chi connectivity index (χ2v) is 7.01. The Morgan fingerprint density at radius 2 is 2.19 bits per heavy atom. The van der Waals surface area contributed by atoms with E-state index in [1.54, 1.807) is 17.1 Å². The van der Waals surface area contributed by atoms with Gasteiger partial charge in [0.1, 0.15) is 0 Å². The third kappa shape index (κ3) is 4.07. The zero-order valence-corrected chi connectivity index (χ0v) is 14.5. The lowest BCUT2D eigenvalue weighted by Crippen LogP contribution is -2.49. The number of piperidine rings is 1. The summed E-state index contributed by atoms with van der Waals surface area (Å²) in [7, 11) is 0. The molecule has 1 amide bonds. The van der Waals surface area contributed by atoms with E-state index in [9.17, 15) is 18.0 Å². The molecule has 0 saturated carbocycles. The van der Waals surface area contributed by atoms with Crippen LogP contribution >= 0.6 is 11.6 Å². The molecule has 1 spiro atoms. The summed E-state index contributed by atoms with van der Waals surface area (Å²) in [6.07, 6.45) is -3.46. The molecule has 3 heterocycles. The molecular weight excluding hydrogens is 379 g/mol. The second-order valence-electron chi connectivity index (χ2n) is 6.57. The lowest BCUT2D eigenvalue weighted by molar-refractivity contribution is -0.215. The summed E-state index contributed by atoms with van der Waals surface area (Å²) in [5, 5.41) is 13.5. The first-order chi connectivity index (χ1) is 12.2. The fourth-order valence-electron chi connectivity index (χ4n) is 3.35. The zero-order chi connectivity index (χ0) is 18.9. The molecule has 1 unspecified atom stereocenters. The van der Waals surface area contributed by atoms with E-state index in [4.69, 9.17) is 21.4 Å². The summed E-state index contributed by atoms with van der Waals surface area (Å²) in [5.41, 5.74) is -0.430. The van der Waals surface area contributed by atoms with Crippen LogP contribution in [0.15, 0.2) is 12.4 Å². The molecule has 2 aliphatic heterocycles. The van der Waals surface area contributed by atoms with E-state index >= 15 is 0 Å². The van der Waals surface area contributed by atoms with E-state index in [0.29, 0.717) is 30.9 Å². The standard InChI is InChI=1S/C15H19ClF3N3O4/c16-10-6-20-22(7-10)11-5-14(25-9-11)1-3-21(4-2-14)13(24)26-12(8-23)15(17,18)19/h6-7,11-12,23H,1-5,8-9H2/t11?,12-/m1/s1. The normalized spacial score (nSPS) is 24.0. The third-order valence-electron chi connectivity index (χ3n) is 4.84. The Kier molecular flexibility index (Phi) is 5.36. The number of amides is 1. The highest BCUT2D eigenvalue weighted by atomic mass is 35.5. The van der Waals surface area contributed by atoms with Gasteiger partial charge in [0.25, 0.3) is 0 Å². The van der Waals surface area contributed by atoms with Crippen molar-refractivity contribution in [3.8, 4) is 0 Å². The average Bonchev–Trinajstić information content (AvgIpc) is 3.19. The van der Waals surface area contributed by atoms with Crippen molar-refractivity contribution in [2.75, 3.05) is 26.3 Å². The van der Waals surface area contributed by atoms with Gasteiger partial charge in [-0.3, -0.25) is 4.68 Å². The number of aliphatic hydroxyl groups is 1. The van der Waals surface area contributed by atoms with Crippen LogP contribution in [-0.4, -0.2) is 70.1 Å². The first-order valence-electron chi connectivity index (χ1n) is 8.19. The molecule has 146 valence electrons. The maximum atomic E-state index is 12.6. The lowest BCUT2D eigenvalue weighted by Gasteiger charge is -2.38. The number of carbonyl (C=O) groups is 1. The Morgan fingerprint density at radius 3 is 2.73 bits per heavy atom. The van der Waals surface area contributed by atoms with Gasteiger partial charge in [-0.15, -0.1) is 0 Å². The first-order valence-corrected chi connectivity index (χ1v) is 8.57. The fraction of sp³-hybridized carbons (Fsp3) is 0.733. The van der Waals surface area contributed by atoms with Crippen LogP contribution < -0.4 is 0 Å². The number of aliphatic hydroxyl groups excluding tert-OH is 1. The molecule has 26 heavy (non-hydrogen) atoms. The monoisotopic (exact) mass is 397 g/mol. The fourth-order valence-corrected chi connectivity index (χ4v) is 3.50. The van der Waals surface area contributed by atoms with E-state index in [1.165, 1.54) is 4.90 Å². The van der Waals surface area contributed by atoms with Gasteiger partial charge in [0.05, 0.1) is 36.1 Å². The summed E-state index contributed by atoms with van der Waals surface area (Å²) in [6.45, 7) is -0.393. The van der Waals surface area contributed by atoms with Gasteiger partial charge in [0.15, 0.2) is 0 Å². The first kappa shape index (κ1) is 19.2. The van der Waals surface area contributed by atoms with Crippen LogP contribution in [-0.2, 0) is 9.47 Å². The van der Waals surface area contributed by atoms with Gasteiger partial charge in [0, 0.05) is 25.7 Å². The van der Waals surface area contributed by atoms with Crippen LogP contribution in [0.1, 0.15) is 25.3 Å². The molecular formula is C15H19ClF3N3O4. The predicted molar refractivity (Wildman–Crippen MR) is 83.8 cm³/mol. The van der Waals surface area contributed by atoms with E-state index in [1.807, 2.05) is 0 Å². The van der Waals surface area contributed by atoms with Crippen LogP contribution in [0.4, 0.5) is 18.0 Å². The van der Waals surface area contributed by atoms with Gasteiger partial charge in [-0.1, -0.05) is 11.6 Å². The minimum Gasteiger partial charge on any atom is -0.434 e. The second kappa shape index (κ2) is 7.24. The highest BCUT2D eigenvalue weighted by Gasteiger charge is 2.46. The number of hydrogen-bond acceptors (Lipinski definition) is 5. The molecule has 0 bridgehead atoms. The van der Waals surface area contributed by atoms with E-state index in [2.05, 4.69) is 9.84 Å². The molecule has 2 saturated heterocycles. The number of hydrogen-bond donors (Lipinski definition) is 1. The number of halogens is 4. The Labute approximate surface area is 152 Å². The zero-order valence-electron chi connectivity index (χ0n) is 13.8. The number of nitrogens with zero attached hydrogens (tertiary/aromatic N) is 3. The Bertz CT molecular complexity index is 646. The highest BCUT2D eigenvalue weighted by Crippen LogP contribution is 2.40. The third-order valence-corrected chi connectivity index (χ3v) is 5.04. The van der Waals surface area contributed by atoms with Crippen molar-refractivity contribution < 1.29 is 32.5 Å². The summed E-state index contributed by atoms with van der Waals surface area (Å²) in [6, 6.07) is 0.0324. The van der Waals surface area contributed by atoms with Crippen LogP contribution in [0.5, 0.6) is 0 Å². The van der Waals surface area contributed by atoms with Crippen molar-refractivity contribution >= 4 is 17.7 Å². The van der Waals surface area contributed by atoms with Gasteiger partial charge in [0.2, 0.25) is 6.10 Å². The minimum absolute atomic E-state index is 0.0324. The molecule has 0 aromatic carbocycles. The molecule has 2 atom stereocenters. The molecule has 2 fully saturated rings. The molecule has 0 aliphatic carbocycles. The molecule has 1 N–H and O–H groups in total. The van der Waals surface area contributed by atoms with Crippen LogP contribution in [0.3, 0.4) is 0 Å². The average molecular weight is 398 g/mol. The molecule has 0 radical (unpaired) electrons. The number of aromatic nitrogens is 2. The van der Waals surface area contributed by atoms with Crippen molar-refractivity contribution in [1.82, 2.24) is 14.7 Å². The Balaban J connectivity index is 1.53. The number of rotatable bonds is 3. The molecule has 3 rings (SSSR count). The van der Waals surface area contributed by atoms with Crippen LogP contribution in [0.25, 0.3) is 0 Å². The van der Waals surface area contributed by atoms with E-state index in [-0.39, 0.29) is 19.1 Å². The van der Waals surface area contributed by atoms with Crippen LogP contribution in [0, 0.1) is 0 Å². The van der Waals surface area contributed by atoms with Crippen molar-refractivity contribution in [3.63, 3.8) is 0 Å². The number of carbonyl (C=O) groups excluding carboxylic acids is 1. The number of likely N-dealkylation sites (tertiary alicyclic amines) is 1. The summed E-state index contributed by atoms with van der Waals surface area (Å²) < 4.78 is 49.9. The topological polar surface area (TPSA) is 76.8 Å².